The molecule has 2 saturated carbocycles. The van der Waals surface area contributed by atoms with Gasteiger partial charge < -0.3 is 44.6 Å². The van der Waals surface area contributed by atoms with Crippen molar-refractivity contribution in [2.45, 2.75) is 115 Å². The summed E-state index contributed by atoms with van der Waals surface area (Å²) in [7, 11) is 0. The van der Waals surface area contributed by atoms with Crippen LogP contribution in [-0.2, 0) is 38.2 Å². The topological polar surface area (TPSA) is 341 Å². The molecule has 25 nitrogen and oxygen atoms in total. The number of imide groups is 4. The molecule has 6 aromatic carbocycles. The van der Waals surface area contributed by atoms with Gasteiger partial charge in [-0.25, -0.2) is 8.78 Å². The Balaban J connectivity index is 0.000000173. The fourth-order valence-electron chi connectivity index (χ4n) is 15.1. The van der Waals surface area contributed by atoms with Crippen LogP contribution in [0.1, 0.15) is 155 Å². The molecule has 6 aliphatic rings. The first-order valence-electron chi connectivity index (χ1n) is 36.8. The molecule has 0 bridgehead atoms. The molecule has 2 aliphatic carbocycles. The molecular weight excluding hydrogens is 1480 g/mol. The molecule has 4 atom stereocenters. The lowest BCUT2D eigenvalue weighted by atomic mass is 9.73. The van der Waals surface area contributed by atoms with Crippen LogP contribution in [0.15, 0.2) is 134 Å². The lowest BCUT2D eigenvalue weighted by molar-refractivity contribution is -0.143. The van der Waals surface area contributed by atoms with Crippen LogP contribution in [0.2, 0.25) is 10.0 Å². The number of ether oxygens (including phenoxy) is 6. The van der Waals surface area contributed by atoms with Crippen LogP contribution in [0.5, 0.6) is 23.0 Å². The number of carboxylic acids is 1. The van der Waals surface area contributed by atoms with Gasteiger partial charge in [-0.15, -0.1) is 0 Å². The number of amides is 9. The second-order valence-corrected chi connectivity index (χ2v) is 28.8. The van der Waals surface area contributed by atoms with Gasteiger partial charge in [0.1, 0.15) is 73.1 Å². The number of anilines is 2. The quantitative estimate of drug-likeness (QED) is 0.0202. The number of aliphatic carboxylic acids is 1. The fraction of sp³-hybridized carbons (Fsp3) is 0.366. The van der Waals surface area contributed by atoms with Gasteiger partial charge in [-0.1, -0.05) is 49.2 Å². The van der Waals surface area contributed by atoms with Gasteiger partial charge in [0.25, 0.3) is 23.6 Å². The van der Waals surface area contributed by atoms with E-state index in [0.717, 1.165) is 94.1 Å². The van der Waals surface area contributed by atoms with Gasteiger partial charge in [0.2, 0.25) is 29.5 Å². The van der Waals surface area contributed by atoms with Gasteiger partial charge >= 0.3 is 5.97 Å². The smallest absolute Gasteiger partial charge is 0.306 e. The third-order valence-corrected chi connectivity index (χ3v) is 21.7. The molecule has 4 aliphatic heterocycles. The van der Waals surface area contributed by atoms with Crippen LogP contribution in [0, 0.1) is 35.3 Å². The molecule has 6 N–H and O–H groups in total. The standard InChI is InChI=1S/C41H40ClFN4O8.C23H22ClN3O7.C18H20FNO2/c1-23(24-5-7-25(8-6-24)28-15-16-44-32-12-9-26(43)21-30(28)32)38(49)45-27-10-11-31(42)35(22-27)55-20-18-53-17-19-54-34-4-2-3-29-37(34)41(52)47(40(29)51)33-13-14-36(48)46-39(33)50;24-15-5-4-13(25)12-18(15)34-11-9-32-8-10-33-17-3-1-2-14-20(17)23(31)27(22(14)30)16-6-7-19(28)26-21(16)29;1-11(18(21)22)12-2-4-13(5-3-12)15-8-9-20-17-7-6-14(19)10-16(15)17/h2-4,9-12,15-16,21-25,33H,5-8,13-14,17-20H2,1H3,(H,45,49)(H,46,48,50);1-5,12,16H,6-11,25H2,(H,26,28,29);6-13H,2-5H2,1H3,(H,21,22)/t23-,24?,25?,33?;;11-,12?,13?/m1.1/s1. The summed E-state index contributed by atoms with van der Waals surface area (Å²) in [4.78, 5) is 135. The molecule has 0 radical (unpaired) electrons. The maximum absolute atomic E-state index is 14.0. The Kier molecular flexibility index (Phi) is 26.0. The van der Waals surface area contributed by atoms with Crippen molar-refractivity contribution < 1.29 is 90.3 Å². The summed E-state index contributed by atoms with van der Waals surface area (Å²) >= 11 is 12.4. The van der Waals surface area contributed by atoms with Crippen LogP contribution in [-0.4, -0.2) is 149 Å². The lowest BCUT2D eigenvalue weighted by Gasteiger charge is -2.32. The van der Waals surface area contributed by atoms with Crippen molar-refractivity contribution in [2.24, 2.45) is 23.7 Å². The van der Waals surface area contributed by atoms with E-state index >= 15 is 0 Å². The Labute approximate surface area is 647 Å². The van der Waals surface area contributed by atoms with E-state index in [4.69, 9.17) is 62.5 Å². The van der Waals surface area contributed by atoms with Gasteiger partial charge in [0.15, 0.2) is 0 Å². The average Bonchev–Trinajstić information content (AvgIpc) is 1.60. The number of carbonyl (C=O) groups is 10. The van der Waals surface area contributed by atoms with Crippen LogP contribution >= 0.6 is 23.2 Å². The number of nitrogens with one attached hydrogen (secondary N) is 3. The zero-order chi connectivity index (χ0) is 78.6. The predicted molar refractivity (Wildman–Crippen MR) is 405 cm³/mol. The van der Waals surface area contributed by atoms with Crippen LogP contribution < -0.4 is 40.6 Å². The Morgan fingerprint density at radius 1 is 0.514 bits per heavy atom. The van der Waals surface area contributed by atoms with E-state index in [1.54, 1.807) is 104 Å². The summed E-state index contributed by atoms with van der Waals surface area (Å²) in [5.41, 5.74) is 11.1. The van der Waals surface area contributed by atoms with Gasteiger partial charge in [0, 0.05) is 65.4 Å². The minimum absolute atomic E-state index is 0.0301. The number of carboxylic acid groups (broad SMARTS) is 1. The van der Waals surface area contributed by atoms with Crippen molar-refractivity contribution >= 4 is 116 Å². The molecular formula is C82H82Cl2F2N8O17. The number of benzene rings is 6. The Morgan fingerprint density at radius 2 is 0.937 bits per heavy atom. The highest BCUT2D eigenvalue weighted by Crippen LogP contribution is 2.44. The second kappa shape index (κ2) is 36.2. The summed E-state index contributed by atoms with van der Waals surface area (Å²) in [6.45, 7) is 5.14. The molecule has 8 aromatic rings. The van der Waals surface area contributed by atoms with E-state index < -0.39 is 65.3 Å². The van der Waals surface area contributed by atoms with Gasteiger partial charge in [0.05, 0.1) is 75.7 Å². The molecule has 14 rings (SSSR count). The Morgan fingerprint density at radius 3 is 1.38 bits per heavy atom. The van der Waals surface area contributed by atoms with E-state index in [-0.39, 0.29) is 159 Å². The number of halogens is 4. The highest BCUT2D eigenvalue weighted by molar-refractivity contribution is 6.32. The van der Waals surface area contributed by atoms with Gasteiger partial charge in [-0.05, 0) is 196 Å². The van der Waals surface area contributed by atoms with Crippen LogP contribution in [0.3, 0.4) is 0 Å². The van der Waals surface area contributed by atoms with Crippen molar-refractivity contribution in [3.05, 3.63) is 189 Å². The maximum atomic E-state index is 14.0. The molecule has 0 spiro atoms. The van der Waals surface area contributed by atoms with Crippen LogP contribution in [0.25, 0.3) is 21.8 Å². The molecule has 2 aromatic heterocycles. The number of hydrogen-bond donors (Lipinski definition) is 5. The summed E-state index contributed by atoms with van der Waals surface area (Å²) in [6, 6.07) is 30.6. The number of pyridine rings is 2. The lowest BCUT2D eigenvalue weighted by Crippen LogP contribution is -2.54. The van der Waals surface area contributed by atoms with Crippen molar-refractivity contribution in [1.29, 1.82) is 0 Å². The van der Waals surface area contributed by atoms with E-state index in [0.29, 0.717) is 38.8 Å². The molecule has 9 amide bonds. The van der Waals surface area contributed by atoms with Crippen LogP contribution in [0.4, 0.5) is 20.2 Å². The maximum Gasteiger partial charge on any atom is 0.306 e. The zero-order valence-corrected chi connectivity index (χ0v) is 62.3. The van der Waals surface area contributed by atoms with Crippen molar-refractivity contribution in [3.8, 4) is 23.0 Å². The number of rotatable bonds is 25. The van der Waals surface area contributed by atoms with E-state index in [9.17, 15) is 56.7 Å². The molecule has 29 heteroatoms. The molecule has 2 unspecified atom stereocenters. The third-order valence-electron chi connectivity index (χ3n) is 21.1. The number of hydrogen-bond acceptors (Lipinski definition) is 19. The van der Waals surface area contributed by atoms with E-state index in [2.05, 4.69) is 25.9 Å². The minimum Gasteiger partial charge on any atom is -0.490 e. The summed E-state index contributed by atoms with van der Waals surface area (Å²) in [5.74, 6) is -4.14. The minimum atomic E-state index is -1.07. The number of aromatic nitrogens is 2. The van der Waals surface area contributed by atoms with Crippen molar-refractivity contribution in [3.63, 3.8) is 0 Å². The zero-order valence-electron chi connectivity index (χ0n) is 60.8. The van der Waals surface area contributed by atoms with Gasteiger partial charge in [-0.2, -0.15) is 0 Å². The fourth-order valence-corrected chi connectivity index (χ4v) is 15.4. The normalized spacial score (nSPS) is 20.1. The SMILES string of the molecule is C[C@@H](C(=O)Nc1ccc(Cl)c(OCCOCCOc2cccc3c2C(=O)N(C2CCC(=O)NC2=O)C3=O)c1)C1CCC(c2ccnc3ccc(F)cc23)CC1.C[C@@H](C(=O)O)C1CCC(c2ccnc3ccc(F)cc23)CC1.Nc1ccc(Cl)c(OCCOCCOc2cccc3c2C(=O)N(C2CCC(=O)NC2=O)C3=O)c1. The number of nitrogens with zero attached hydrogens (tertiary/aromatic N) is 4. The highest BCUT2D eigenvalue weighted by Gasteiger charge is 2.48. The van der Waals surface area contributed by atoms with E-state index in [1.807, 2.05) is 19.1 Å². The molecule has 580 valence electrons. The molecule has 111 heavy (non-hydrogen) atoms. The first kappa shape index (κ1) is 79.5. The monoisotopic (exact) mass is 1560 g/mol. The summed E-state index contributed by atoms with van der Waals surface area (Å²) < 4.78 is 61.6. The number of carbonyl (C=O) groups excluding carboxylic acids is 9. The van der Waals surface area contributed by atoms with Crippen molar-refractivity contribution in [2.75, 3.05) is 63.9 Å². The Hall–Kier alpha value is -11.0. The largest absolute Gasteiger partial charge is 0.490 e. The predicted octanol–water partition coefficient (Wildman–Crippen LogP) is 12.6. The molecule has 4 fully saturated rings. The summed E-state index contributed by atoms with van der Waals surface area (Å²) in [6.07, 6.45) is 11.1. The second-order valence-electron chi connectivity index (χ2n) is 28.0. The average molecular weight is 1560 g/mol. The third kappa shape index (κ3) is 18.7. The number of nitrogens with two attached hydrogens (primary N) is 1. The number of fused-ring (bicyclic) bond motifs is 4. The van der Waals surface area contributed by atoms with Crippen molar-refractivity contribution in [1.82, 2.24) is 30.4 Å². The highest BCUT2D eigenvalue weighted by atomic mass is 35.5. The summed E-state index contributed by atoms with van der Waals surface area (Å²) in [5, 5.41) is 19.1. The van der Waals surface area contributed by atoms with E-state index in [1.165, 1.54) is 24.3 Å². The Bertz CT molecular complexity index is 4900. The number of piperidine rings is 2. The first-order chi connectivity index (χ1) is 53.5. The molecule has 6 heterocycles. The first-order valence-corrected chi connectivity index (χ1v) is 37.6. The molecule has 2 saturated heterocycles. The van der Waals surface area contributed by atoms with Gasteiger partial charge in [-0.3, -0.25) is 78.3 Å². The number of nitrogen functional groups attached to an aromatic ring is 1.